The molecule has 2 amide bonds. The van der Waals surface area contributed by atoms with Crippen LogP contribution in [0.25, 0.3) is 11.2 Å². The molecule has 0 aliphatic carbocycles. The summed E-state index contributed by atoms with van der Waals surface area (Å²) in [7, 11) is -16.4. The molecule has 3 heterocycles. The lowest BCUT2D eigenvalue weighted by Gasteiger charge is -2.30. The molecule has 0 saturated carbocycles. The number of amides is 2. The van der Waals surface area contributed by atoms with Crippen LogP contribution in [0.5, 0.6) is 0 Å². The zero-order valence-corrected chi connectivity index (χ0v) is 32.1. The molecule has 1 aliphatic heterocycles. The van der Waals surface area contributed by atoms with Gasteiger partial charge in [-0.1, -0.05) is 25.6 Å². The number of nitrogens with two attached hydrogens (primary N) is 1. The number of fused-ring (bicyclic) bond motifs is 1. The Balaban J connectivity index is 1.51. The van der Waals surface area contributed by atoms with Crippen LogP contribution in [0.2, 0.25) is 0 Å². The maximum absolute atomic E-state index is 12.6. The molecule has 0 spiro atoms. The van der Waals surface area contributed by atoms with Crippen molar-refractivity contribution in [2.45, 2.75) is 57.8 Å². The van der Waals surface area contributed by atoms with Gasteiger partial charge in [0.25, 0.3) is 0 Å². The first-order valence-corrected chi connectivity index (χ1v) is 20.8. The predicted octanol–water partition coefficient (Wildman–Crippen LogP) is -0.873. The van der Waals surface area contributed by atoms with Crippen LogP contribution in [0.3, 0.4) is 0 Å². The normalized spacial score (nSPS) is 22.4. The van der Waals surface area contributed by atoms with Gasteiger partial charge in [-0.15, -0.1) is 0 Å². The molecule has 29 heteroatoms. The van der Waals surface area contributed by atoms with E-state index in [1.165, 1.54) is 20.8 Å². The van der Waals surface area contributed by atoms with Gasteiger partial charge in [0.05, 0.1) is 25.3 Å². The number of phosphoric ester groups is 3. The largest absolute Gasteiger partial charge is 0.512 e. The first-order chi connectivity index (χ1) is 24.9. The van der Waals surface area contributed by atoms with Gasteiger partial charge in [-0.05, 0) is 6.92 Å². The van der Waals surface area contributed by atoms with Crippen LogP contribution in [0, 0.1) is 5.41 Å². The number of allylic oxidation sites excluding steroid dienone is 1. The van der Waals surface area contributed by atoms with Gasteiger partial charge < -0.3 is 56.0 Å². The summed E-state index contributed by atoms with van der Waals surface area (Å²) >= 11 is 0.862. The molecule has 2 aromatic heterocycles. The van der Waals surface area contributed by atoms with Crippen molar-refractivity contribution in [3.05, 3.63) is 24.5 Å². The van der Waals surface area contributed by atoms with Gasteiger partial charge in [-0.3, -0.25) is 32.5 Å². The van der Waals surface area contributed by atoms with Gasteiger partial charge in [0.1, 0.15) is 36.3 Å². The Kier molecular flexibility index (Phi) is 15.9. The molecule has 3 rings (SSSR count). The van der Waals surface area contributed by atoms with Gasteiger partial charge in [-0.25, -0.2) is 28.6 Å². The Hall–Kier alpha value is -2.90. The molecular weight excluding hydrogens is 811 g/mol. The van der Waals surface area contributed by atoms with E-state index >= 15 is 0 Å². The third-order valence-corrected chi connectivity index (χ3v) is 11.0. The Morgan fingerprint density at radius 3 is 2.41 bits per heavy atom. The number of carbonyl (C=O) groups excluding carboxylic acids is 3. The number of carbonyl (C=O) groups is 3. The van der Waals surface area contributed by atoms with Crippen molar-refractivity contribution >= 4 is 69.1 Å². The smallest absolute Gasteiger partial charge is 0.481 e. The topological polar surface area (TPSA) is 384 Å². The first-order valence-electron chi connectivity index (χ1n) is 15.3. The number of hydrogen-bond donors (Lipinski definition) is 10. The van der Waals surface area contributed by atoms with Gasteiger partial charge >= 0.3 is 23.5 Å². The quantitative estimate of drug-likeness (QED) is 0.0335. The van der Waals surface area contributed by atoms with Crippen LogP contribution in [0.15, 0.2) is 24.5 Å². The van der Waals surface area contributed by atoms with Gasteiger partial charge in [0.2, 0.25) is 16.9 Å². The molecule has 0 bridgehead atoms. The van der Waals surface area contributed by atoms with Crippen LogP contribution in [0.1, 0.15) is 33.4 Å². The molecule has 7 atom stereocenters. The van der Waals surface area contributed by atoms with Crippen LogP contribution in [-0.4, -0.2) is 128 Å². The fourth-order valence-electron chi connectivity index (χ4n) is 4.49. The maximum atomic E-state index is 12.6. The lowest BCUT2D eigenvalue weighted by molar-refractivity contribution is -0.137. The van der Waals surface area contributed by atoms with Crippen molar-refractivity contribution in [1.82, 2.24) is 30.2 Å². The average Bonchev–Trinajstić information content (AvgIpc) is 3.60. The van der Waals surface area contributed by atoms with E-state index in [2.05, 4.69) is 34.4 Å². The van der Waals surface area contributed by atoms with Crippen LogP contribution < -0.4 is 16.4 Å². The lowest BCUT2D eigenvalue weighted by Crippen LogP contribution is -2.46. The molecule has 1 fully saturated rings. The summed E-state index contributed by atoms with van der Waals surface area (Å²) in [5.41, 5.74) is 4.22. The fraction of sp³-hybridized carbons (Fsp3) is 0.600. The van der Waals surface area contributed by atoms with Gasteiger partial charge in [0.15, 0.2) is 17.7 Å². The summed E-state index contributed by atoms with van der Waals surface area (Å²) in [4.78, 5) is 86.8. The van der Waals surface area contributed by atoms with Gasteiger partial charge in [0, 0.05) is 36.8 Å². The highest BCUT2D eigenvalue weighted by Gasteiger charge is 2.50. The first kappa shape index (κ1) is 45.5. The number of imidazole rings is 1. The summed E-state index contributed by atoms with van der Waals surface area (Å²) in [5, 5.41) is 34.8. The molecule has 1 saturated heterocycles. The zero-order chi connectivity index (χ0) is 40.6. The van der Waals surface area contributed by atoms with Crippen molar-refractivity contribution in [3.8, 4) is 0 Å². The molecular formula is C25H40N7O18P3S. The molecule has 304 valence electrons. The summed E-state index contributed by atoms with van der Waals surface area (Å²) in [6.07, 6.45) is -5.99. The molecule has 0 radical (unpaired) electrons. The number of nitrogens with one attached hydrogen (secondary N) is 2. The molecule has 1 aliphatic rings. The third-order valence-electron chi connectivity index (χ3n) is 7.07. The minimum atomic E-state index is -5.58. The van der Waals surface area contributed by atoms with Crippen LogP contribution in [-0.2, 0) is 50.7 Å². The maximum Gasteiger partial charge on any atom is 0.481 e. The number of ether oxygens (including phenoxy) is 1. The molecule has 11 N–H and O–H groups in total. The Labute approximate surface area is 310 Å². The minimum absolute atomic E-state index is 0.0246. The summed E-state index contributed by atoms with van der Waals surface area (Å²) in [5.74, 6) is -1.48. The summed E-state index contributed by atoms with van der Waals surface area (Å²) in [6, 6.07) is 0. The number of aromatic nitrogens is 4. The van der Waals surface area contributed by atoms with Crippen molar-refractivity contribution in [2.75, 3.05) is 37.8 Å². The zero-order valence-electron chi connectivity index (χ0n) is 28.6. The Bertz CT molecular complexity index is 1840. The number of nitrogen functional groups attached to an aromatic ring is 1. The van der Waals surface area contributed by atoms with Crippen molar-refractivity contribution < 1.29 is 85.6 Å². The summed E-state index contributed by atoms with van der Waals surface area (Å²) in [6.45, 7) is 1.64. The van der Waals surface area contributed by atoms with E-state index in [9.17, 15) is 57.9 Å². The minimum Gasteiger partial charge on any atom is -0.512 e. The van der Waals surface area contributed by atoms with Gasteiger partial charge in [-0.2, -0.15) is 4.31 Å². The number of nitrogens with zero attached hydrogens (tertiary/aromatic N) is 4. The fourth-order valence-corrected chi connectivity index (χ4v) is 7.98. The number of thioether (sulfide) groups is 1. The average molecular weight is 852 g/mol. The molecule has 0 aromatic carbocycles. The van der Waals surface area contributed by atoms with Crippen molar-refractivity contribution in [2.24, 2.45) is 5.41 Å². The second-order valence-corrected chi connectivity index (χ2v) is 17.4. The highest BCUT2D eigenvalue weighted by molar-refractivity contribution is 8.14. The van der Waals surface area contributed by atoms with Crippen LogP contribution in [0.4, 0.5) is 5.82 Å². The number of aliphatic hydroxyl groups is 3. The molecule has 25 nitrogen and oxygen atoms in total. The van der Waals surface area contributed by atoms with E-state index in [1.54, 1.807) is 0 Å². The lowest BCUT2D eigenvalue weighted by atomic mass is 9.87. The molecule has 2 unspecified atom stereocenters. The third kappa shape index (κ3) is 13.7. The van der Waals surface area contributed by atoms with E-state index in [0.29, 0.717) is 0 Å². The highest BCUT2D eigenvalue weighted by Crippen LogP contribution is 2.61. The number of rotatable bonds is 20. The number of phosphoric acid groups is 3. The summed E-state index contributed by atoms with van der Waals surface area (Å²) < 4.78 is 61.9. The number of anilines is 1. The second kappa shape index (κ2) is 18.8. The van der Waals surface area contributed by atoms with Crippen LogP contribution >= 0.6 is 35.2 Å². The number of aliphatic hydroxyl groups excluding tert-OH is 3. The Morgan fingerprint density at radius 2 is 1.76 bits per heavy atom. The molecule has 2 aromatic rings. The van der Waals surface area contributed by atoms with E-state index in [1.807, 2.05) is 0 Å². The monoisotopic (exact) mass is 851 g/mol. The SMILES string of the molecule is CC(O)=CC(=O)SCCNC(=O)CCNC(=O)[C@H](O)C(C)(C)COP(=O)(O)OP(=O)(O)OC[C@H]1O[C@@H](n2cnc3c(N)ncnc32)[C@H](O)[C@@H]1OP(=O)(O)O. The highest BCUT2D eigenvalue weighted by atomic mass is 32.2. The molecule has 54 heavy (non-hydrogen) atoms. The number of hydrogen-bond acceptors (Lipinski definition) is 19. The van der Waals surface area contributed by atoms with E-state index in [0.717, 1.165) is 35.1 Å². The van der Waals surface area contributed by atoms with E-state index in [-0.39, 0.29) is 48.0 Å². The predicted molar refractivity (Wildman–Crippen MR) is 183 cm³/mol. The Morgan fingerprint density at radius 1 is 1.09 bits per heavy atom. The van der Waals surface area contributed by atoms with Crippen molar-refractivity contribution in [1.29, 1.82) is 0 Å². The standard InChI is InChI=1S/C25H40N7O18P3S/c1-13(33)8-16(35)54-7-6-27-15(34)4-5-28-23(38)20(37)25(2,3)10-47-53(44,45)50-52(42,43)46-9-14-19(49-51(39,40)41)18(36)24(48-14)32-12-31-17-21(26)29-11-30-22(17)32/h8,11-12,14,18-20,24,33,36-37H,4-7,9-10H2,1-3H3,(H,27,34)(H,28,38)(H,42,43)(H,44,45)(H2,26,29,30)(H2,39,40,41)/t14-,18-,19-,20+,24-/m1/s1. The van der Waals surface area contributed by atoms with Crippen molar-refractivity contribution in [3.63, 3.8) is 0 Å². The van der Waals surface area contributed by atoms with E-state index < -0.39 is 89.7 Å². The van der Waals surface area contributed by atoms with E-state index in [4.69, 9.17) is 24.6 Å². The second-order valence-electron chi connectivity index (χ2n) is 12.0.